The summed E-state index contributed by atoms with van der Waals surface area (Å²) < 4.78 is 1.69. The van der Waals surface area contributed by atoms with Gasteiger partial charge in [0.2, 0.25) is 0 Å². The standard InChI is InChI=1S/C11H9N3/c12-8-11-6-7-13-14(11)9-10-4-2-1-3-5-10/h1-7H,9H2. The molecule has 0 aliphatic heterocycles. The third-order valence-corrected chi connectivity index (χ3v) is 2.01. The zero-order chi connectivity index (χ0) is 9.80. The van der Waals surface area contributed by atoms with E-state index in [0.29, 0.717) is 12.2 Å². The van der Waals surface area contributed by atoms with Crippen molar-refractivity contribution in [1.82, 2.24) is 9.78 Å². The molecule has 3 heteroatoms. The van der Waals surface area contributed by atoms with Gasteiger partial charge in [0, 0.05) is 0 Å². The van der Waals surface area contributed by atoms with Crippen LogP contribution in [0, 0.1) is 11.3 Å². The molecule has 0 amide bonds. The molecule has 3 nitrogen and oxygen atoms in total. The summed E-state index contributed by atoms with van der Waals surface area (Å²) in [6.45, 7) is 0.650. The number of aromatic nitrogens is 2. The highest BCUT2D eigenvalue weighted by Gasteiger charge is 2.00. The van der Waals surface area contributed by atoms with E-state index in [1.54, 1.807) is 16.9 Å². The predicted octanol–water partition coefficient (Wildman–Crippen LogP) is 1.80. The predicted molar refractivity (Wildman–Crippen MR) is 52.5 cm³/mol. The first-order valence-corrected chi connectivity index (χ1v) is 4.36. The first-order chi connectivity index (χ1) is 6.90. The first-order valence-electron chi connectivity index (χ1n) is 4.36. The molecule has 0 atom stereocenters. The van der Waals surface area contributed by atoms with Gasteiger partial charge in [-0.2, -0.15) is 10.4 Å². The summed E-state index contributed by atoms with van der Waals surface area (Å²) >= 11 is 0. The molecule has 0 aliphatic rings. The van der Waals surface area contributed by atoms with Gasteiger partial charge in [-0.1, -0.05) is 30.3 Å². The zero-order valence-corrected chi connectivity index (χ0v) is 7.59. The third kappa shape index (κ3) is 1.64. The summed E-state index contributed by atoms with van der Waals surface area (Å²) in [5.41, 5.74) is 1.74. The molecular formula is C11H9N3. The molecule has 68 valence electrons. The Labute approximate surface area is 82.2 Å². The fraction of sp³-hybridized carbons (Fsp3) is 0.0909. The monoisotopic (exact) mass is 183 g/mol. The van der Waals surface area contributed by atoms with E-state index in [9.17, 15) is 0 Å². The third-order valence-electron chi connectivity index (χ3n) is 2.01. The lowest BCUT2D eigenvalue weighted by Crippen LogP contribution is -2.03. The van der Waals surface area contributed by atoms with E-state index < -0.39 is 0 Å². The van der Waals surface area contributed by atoms with Gasteiger partial charge in [0.15, 0.2) is 0 Å². The van der Waals surface area contributed by atoms with Gasteiger partial charge in [-0.05, 0) is 11.6 Å². The molecule has 2 aromatic rings. The molecule has 0 radical (unpaired) electrons. The van der Waals surface area contributed by atoms with Gasteiger partial charge in [-0.3, -0.25) is 4.68 Å². The van der Waals surface area contributed by atoms with Crippen molar-refractivity contribution >= 4 is 0 Å². The van der Waals surface area contributed by atoms with E-state index in [1.807, 2.05) is 30.3 Å². The number of nitriles is 1. The van der Waals surface area contributed by atoms with Crippen LogP contribution in [-0.4, -0.2) is 9.78 Å². The molecule has 0 saturated heterocycles. The second kappa shape index (κ2) is 3.75. The Morgan fingerprint density at radius 1 is 1.21 bits per heavy atom. The lowest BCUT2D eigenvalue weighted by atomic mass is 10.2. The van der Waals surface area contributed by atoms with Crippen molar-refractivity contribution in [2.75, 3.05) is 0 Å². The molecule has 1 heterocycles. The van der Waals surface area contributed by atoms with E-state index in [2.05, 4.69) is 11.2 Å². The van der Waals surface area contributed by atoms with Gasteiger partial charge in [0.1, 0.15) is 11.8 Å². The highest BCUT2D eigenvalue weighted by Crippen LogP contribution is 2.04. The maximum absolute atomic E-state index is 8.77. The highest BCUT2D eigenvalue weighted by atomic mass is 15.3. The van der Waals surface area contributed by atoms with Crippen LogP contribution >= 0.6 is 0 Å². The first kappa shape index (κ1) is 8.52. The summed E-state index contributed by atoms with van der Waals surface area (Å²) in [5, 5.41) is 12.9. The average Bonchev–Trinajstić information content (AvgIpc) is 2.67. The van der Waals surface area contributed by atoms with Gasteiger partial charge in [0.05, 0.1) is 12.7 Å². The highest BCUT2D eigenvalue weighted by molar-refractivity contribution is 5.21. The van der Waals surface area contributed by atoms with Crippen LogP contribution in [-0.2, 0) is 6.54 Å². The summed E-state index contributed by atoms with van der Waals surface area (Å²) in [4.78, 5) is 0. The van der Waals surface area contributed by atoms with Crippen molar-refractivity contribution in [3.63, 3.8) is 0 Å². The van der Waals surface area contributed by atoms with Crippen LogP contribution in [0.3, 0.4) is 0 Å². The molecular weight excluding hydrogens is 174 g/mol. The molecule has 0 unspecified atom stereocenters. The van der Waals surface area contributed by atoms with Crippen molar-refractivity contribution in [2.45, 2.75) is 6.54 Å². The molecule has 2 rings (SSSR count). The Kier molecular flexibility index (Phi) is 2.28. The van der Waals surface area contributed by atoms with Crippen LogP contribution in [0.5, 0.6) is 0 Å². The van der Waals surface area contributed by atoms with Crippen molar-refractivity contribution in [3.05, 3.63) is 53.9 Å². The molecule has 14 heavy (non-hydrogen) atoms. The molecule has 0 saturated carbocycles. The SMILES string of the molecule is N#Cc1ccnn1Cc1ccccc1. The average molecular weight is 183 g/mol. The van der Waals surface area contributed by atoms with Crippen molar-refractivity contribution < 1.29 is 0 Å². The molecule has 0 aliphatic carbocycles. The van der Waals surface area contributed by atoms with Gasteiger partial charge >= 0.3 is 0 Å². The lowest BCUT2D eigenvalue weighted by molar-refractivity contribution is 0.677. The smallest absolute Gasteiger partial charge is 0.138 e. The summed E-state index contributed by atoms with van der Waals surface area (Å²) in [5.74, 6) is 0. The summed E-state index contributed by atoms with van der Waals surface area (Å²) in [6, 6.07) is 13.8. The van der Waals surface area contributed by atoms with Gasteiger partial charge < -0.3 is 0 Å². The van der Waals surface area contributed by atoms with Gasteiger partial charge in [-0.25, -0.2) is 0 Å². The largest absolute Gasteiger partial charge is 0.250 e. The second-order valence-electron chi connectivity index (χ2n) is 2.97. The van der Waals surface area contributed by atoms with Crippen molar-refractivity contribution in [1.29, 1.82) is 5.26 Å². The van der Waals surface area contributed by atoms with Crippen LogP contribution in [0.4, 0.5) is 0 Å². The molecule has 0 N–H and O–H groups in total. The quantitative estimate of drug-likeness (QED) is 0.712. The van der Waals surface area contributed by atoms with Gasteiger partial charge in [0.25, 0.3) is 0 Å². The number of hydrogen-bond acceptors (Lipinski definition) is 2. The number of rotatable bonds is 2. The van der Waals surface area contributed by atoms with E-state index in [0.717, 1.165) is 5.56 Å². The molecule has 0 bridgehead atoms. The number of nitrogens with zero attached hydrogens (tertiary/aromatic N) is 3. The van der Waals surface area contributed by atoms with Crippen molar-refractivity contribution in [3.8, 4) is 6.07 Å². The van der Waals surface area contributed by atoms with E-state index in [-0.39, 0.29) is 0 Å². The van der Waals surface area contributed by atoms with Crippen molar-refractivity contribution in [2.24, 2.45) is 0 Å². The van der Waals surface area contributed by atoms with E-state index >= 15 is 0 Å². The Morgan fingerprint density at radius 2 is 2.00 bits per heavy atom. The maximum atomic E-state index is 8.77. The Balaban J connectivity index is 2.24. The van der Waals surface area contributed by atoms with Gasteiger partial charge in [-0.15, -0.1) is 0 Å². The van der Waals surface area contributed by atoms with Crippen LogP contribution in [0.1, 0.15) is 11.3 Å². The summed E-state index contributed by atoms with van der Waals surface area (Å²) in [6.07, 6.45) is 1.64. The topological polar surface area (TPSA) is 41.6 Å². The van der Waals surface area contributed by atoms with Crippen LogP contribution < -0.4 is 0 Å². The Morgan fingerprint density at radius 3 is 2.71 bits per heavy atom. The summed E-state index contributed by atoms with van der Waals surface area (Å²) in [7, 11) is 0. The van der Waals surface area contributed by atoms with E-state index in [1.165, 1.54) is 0 Å². The zero-order valence-electron chi connectivity index (χ0n) is 7.59. The minimum absolute atomic E-state index is 0.592. The van der Waals surface area contributed by atoms with E-state index in [4.69, 9.17) is 5.26 Å². The number of benzene rings is 1. The second-order valence-corrected chi connectivity index (χ2v) is 2.97. The normalized spacial score (nSPS) is 9.64. The molecule has 1 aromatic carbocycles. The maximum Gasteiger partial charge on any atom is 0.138 e. The molecule has 1 aromatic heterocycles. The molecule has 0 spiro atoms. The lowest BCUT2D eigenvalue weighted by Gasteiger charge is -2.02. The van der Waals surface area contributed by atoms with Crippen LogP contribution in [0.15, 0.2) is 42.6 Å². The number of hydrogen-bond donors (Lipinski definition) is 0. The molecule has 0 fully saturated rings. The minimum atomic E-state index is 0.592. The minimum Gasteiger partial charge on any atom is -0.250 e. The fourth-order valence-electron chi connectivity index (χ4n) is 1.31. The Bertz CT molecular complexity index is 451. The Hall–Kier alpha value is -2.08. The fourth-order valence-corrected chi connectivity index (χ4v) is 1.31. The van der Waals surface area contributed by atoms with Crippen LogP contribution in [0.2, 0.25) is 0 Å². The van der Waals surface area contributed by atoms with Crippen LogP contribution in [0.25, 0.3) is 0 Å².